The lowest BCUT2D eigenvalue weighted by Gasteiger charge is -2.27. The van der Waals surface area contributed by atoms with Gasteiger partial charge in [0.05, 0.1) is 25.3 Å². The van der Waals surface area contributed by atoms with Crippen molar-refractivity contribution in [1.82, 2.24) is 9.80 Å². The molecule has 0 radical (unpaired) electrons. The number of carbonyl (C=O) groups excluding carboxylic acids is 2. The van der Waals surface area contributed by atoms with Crippen LogP contribution in [0, 0.1) is 0 Å². The molecule has 200 valence electrons. The van der Waals surface area contributed by atoms with E-state index in [9.17, 15) is 14.7 Å². The first-order chi connectivity index (χ1) is 17.9. The fourth-order valence-electron chi connectivity index (χ4n) is 4.68. The molecule has 7 nitrogen and oxygen atoms in total. The van der Waals surface area contributed by atoms with E-state index < -0.39 is 17.7 Å². The van der Waals surface area contributed by atoms with Crippen LogP contribution in [0.3, 0.4) is 0 Å². The van der Waals surface area contributed by atoms with E-state index in [4.69, 9.17) is 9.47 Å². The van der Waals surface area contributed by atoms with E-state index in [2.05, 4.69) is 25.7 Å². The van der Waals surface area contributed by atoms with E-state index in [-0.39, 0.29) is 11.3 Å². The predicted molar refractivity (Wildman–Crippen MR) is 146 cm³/mol. The van der Waals surface area contributed by atoms with Crippen LogP contribution in [0.4, 0.5) is 0 Å². The van der Waals surface area contributed by atoms with E-state index in [1.54, 1.807) is 36.3 Å². The Balaban J connectivity index is 1.99. The third-order valence-corrected chi connectivity index (χ3v) is 6.86. The zero-order chi connectivity index (χ0) is 26.8. The van der Waals surface area contributed by atoms with Crippen LogP contribution in [0.1, 0.15) is 63.6 Å². The summed E-state index contributed by atoms with van der Waals surface area (Å²) in [6.45, 7) is 10.0. The predicted octanol–water partition coefficient (Wildman–Crippen LogP) is 5.42. The Labute approximate surface area is 220 Å². The standard InChI is InChI=1S/C30H40N2O5/c1-5-8-9-20-37-25-13-10-12-23(21-25)27-26(28(33)22-14-16-24(36-4)17-15-22)29(34)30(35)32(27)19-11-18-31(6-2)7-3/h10,12-17,21,27,33H,5-9,11,18-20H2,1-4H3. The Morgan fingerprint density at radius 1 is 0.973 bits per heavy atom. The number of ketones is 1. The Morgan fingerprint density at radius 2 is 1.70 bits per heavy atom. The zero-order valence-electron chi connectivity index (χ0n) is 22.5. The monoisotopic (exact) mass is 508 g/mol. The Hall–Kier alpha value is -3.32. The van der Waals surface area contributed by atoms with Gasteiger partial charge in [-0.15, -0.1) is 0 Å². The minimum absolute atomic E-state index is 0.0983. The number of hydrogen-bond donors (Lipinski definition) is 1. The normalized spacial score (nSPS) is 17.0. The number of rotatable bonds is 14. The van der Waals surface area contributed by atoms with Gasteiger partial charge in [-0.3, -0.25) is 9.59 Å². The van der Waals surface area contributed by atoms with Crippen LogP contribution in [0.25, 0.3) is 5.76 Å². The number of benzene rings is 2. The molecule has 2 aromatic carbocycles. The lowest BCUT2D eigenvalue weighted by Crippen LogP contribution is -2.33. The molecule has 3 rings (SSSR count). The number of hydrogen-bond acceptors (Lipinski definition) is 6. The quantitative estimate of drug-likeness (QED) is 0.159. The number of likely N-dealkylation sites (tertiary alicyclic amines) is 1. The molecular weight excluding hydrogens is 468 g/mol. The Bertz CT molecular complexity index is 1080. The summed E-state index contributed by atoms with van der Waals surface area (Å²) in [6, 6.07) is 13.6. The third-order valence-electron chi connectivity index (χ3n) is 6.86. The average molecular weight is 509 g/mol. The van der Waals surface area contributed by atoms with Crippen molar-refractivity contribution < 1.29 is 24.2 Å². The van der Waals surface area contributed by atoms with Crippen molar-refractivity contribution >= 4 is 17.4 Å². The van der Waals surface area contributed by atoms with Gasteiger partial charge in [0, 0.05) is 12.1 Å². The molecule has 1 saturated heterocycles. The van der Waals surface area contributed by atoms with Crippen molar-refractivity contribution in [2.45, 2.75) is 52.5 Å². The molecule has 1 aliphatic rings. The van der Waals surface area contributed by atoms with Crippen LogP contribution in [0.15, 0.2) is 54.1 Å². The maximum Gasteiger partial charge on any atom is 0.295 e. The van der Waals surface area contributed by atoms with Gasteiger partial charge in [-0.05, 0) is 74.4 Å². The van der Waals surface area contributed by atoms with Crippen LogP contribution in [0.2, 0.25) is 0 Å². The van der Waals surface area contributed by atoms with Crippen molar-refractivity contribution in [2.24, 2.45) is 0 Å². The van der Waals surface area contributed by atoms with Crippen LogP contribution >= 0.6 is 0 Å². The number of nitrogens with zero attached hydrogens (tertiary/aromatic N) is 2. The largest absolute Gasteiger partial charge is 0.507 e. The first-order valence-electron chi connectivity index (χ1n) is 13.3. The minimum Gasteiger partial charge on any atom is -0.507 e. The zero-order valence-corrected chi connectivity index (χ0v) is 22.5. The van der Waals surface area contributed by atoms with Crippen molar-refractivity contribution in [2.75, 3.05) is 39.9 Å². The summed E-state index contributed by atoms with van der Waals surface area (Å²) >= 11 is 0. The second-order valence-electron chi connectivity index (χ2n) is 9.23. The van der Waals surface area contributed by atoms with Gasteiger partial charge in [0.1, 0.15) is 17.3 Å². The molecule has 2 aromatic rings. The molecular formula is C30H40N2O5. The number of methoxy groups -OCH3 is 1. The lowest BCUT2D eigenvalue weighted by atomic mass is 9.95. The van der Waals surface area contributed by atoms with E-state index in [1.165, 1.54) is 0 Å². The van der Waals surface area contributed by atoms with Gasteiger partial charge in [-0.25, -0.2) is 0 Å². The van der Waals surface area contributed by atoms with Crippen LogP contribution < -0.4 is 9.47 Å². The molecule has 7 heteroatoms. The van der Waals surface area contributed by atoms with Gasteiger partial charge < -0.3 is 24.4 Å². The van der Waals surface area contributed by atoms with E-state index >= 15 is 0 Å². The van der Waals surface area contributed by atoms with Crippen LogP contribution in [0.5, 0.6) is 11.5 Å². The molecule has 0 bridgehead atoms. The maximum absolute atomic E-state index is 13.3. The number of carbonyl (C=O) groups is 2. The number of aliphatic hydroxyl groups is 1. The fraction of sp³-hybridized carbons (Fsp3) is 0.467. The molecule has 1 amide bonds. The molecule has 1 fully saturated rings. The SMILES string of the molecule is CCCCCOc1cccc(C2C(=C(O)c3ccc(OC)cc3)C(=O)C(=O)N2CCCN(CC)CC)c1. The molecule has 1 aliphatic heterocycles. The molecule has 1 N–H and O–H groups in total. The number of ether oxygens (including phenoxy) is 2. The fourth-order valence-corrected chi connectivity index (χ4v) is 4.68. The van der Waals surface area contributed by atoms with Gasteiger partial charge in [0.25, 0.3) is 11.7 Å². The summed E-state index contributed by atoms with van der Waals surface area (Å²) in [4.78, 5) is 30.4. The van der Waals surface area contributed by atoms with Gasteiger partial charge in [0.2, 0.25) is 0 Å². The molecule has 0 spiro atoms. The topological polar surface area (TPSA) is 79.3 Å². The van der Waals surface area contributed by atoms with Gasteiger partial charge in [-0.2, -0.15) is 0 Å². The van der Waals surface area contributed by atoms with Crippen molar-refractivity contribution in [3.05, 3.63) is 65.2 Å². The van der Waals surface area contributed by atoms with Gasteiger partial charge in [-0.1, -0.05) is 45.7 Å². The van der Waals surface area contributed by atoms with Crippen molar-refractivity contribution in [3.8, 4) is 11.5 Å². The van der Waals surface area contributed by atoms with Crippen LogP contribution in [-0.2, 0) is 9.59 Å². The lowest BCUT2D eigenvalue weighted by molar-refractivity contribution is -0.140. The second kappa shape index (κ2) is 13.8. The van der Waals surface area contributed by atoms with E-state index in [1.807, 2.05) is 24.3 Å². The van der Waals surface area contributed by atoms with Gasteiger partial charge in [0.15, 0.2) is 0 Å². The first-order valence-corrected chi connectivity index (χ1v) is 13.3. The molecule has 0 aliphatic carbocycles. The number of amides is 1. The van der Waals surface area contributed by atoms with Crippen LogP contribution in [-0.4, -0.2) is 66.5 Å². The minimum atomic E-state index is -0.696. The molecule has 37 heavy (non-hydrogen) atoms. The third kappa shape index (κ3) is 6.92. The molecule has 1 atom stereocenters. The summed E-state index contributed by atoms with van der Waals surface area (Å²) in [7, 11) is 1.57. The maximum atomic E-state index is 13.3. The highest BCUT2D eigenvalue weighted by Gasteiger charge is 2.45. The molecule has 0 saturated carbocycles. The average Bonchev–Trinajstić information content (AvgIpc) is 3.18. The van der Waals surface area contributed by atoms with E-state index in [0.717, 1.165) is 50.9 Å². The highest BCUT2D eigenvalue weighted by Crippen LogP contribution is 2.40. The number of unbranched alkanes of at least 4 members (excludes halogenated alkanes) is 2. The molecule has 1 unspecified atom stereocenters. The molecule has 1 heterocycles. The molecule has 0 aromatic heterocycles. The van der Waals surface area contributed by atoms with Gasteiger partial charge >= 0.3 is 0 Å². The summed E-state index contributed by atoms with van der Waals surface area (Å²) in [5, 5.41) is 11.3. The highest BCUT2D eigenvalue weighted by molar-refractivity contribution is 6.46. The van der Waals surface area contributed by atoms with Crippen molar-refractivity contribution in [3.63, 3.8) is 0 Å². The second-order valence-corrected chi connectivity index (χ2v) is 9.23. The highest BCUT2D eigenvalue weighted by atomic mass is 16.5. The van der Waals surface area contributed by atoms with Crippen molar-refractivity contribution in [1.29, 1.82) is 0 Å². The number of aliphatic hydroxyl groups excluding tert-OH is 1. The summed E-state index contributed by atoms with van der Waals surface area (Å²) in [5.74, 6) is -0.125. The summed E-state index contributed by atoms with van der Waals surface area (Å²) in [5.41, 5.74) is 1.30. The summed E-state index contributed by atoms with van der Waals surface area (Å²) in [6.07, 6.45) is 3.88. The smallest absolute Gasteiger partial charge is 0.295 e. The number of Topliss-reactive ketones (excluding diaryl/α,β-unsaturated/α-hetero) is 1. The Kier molecular flexibility index (Phi) is 10.6. The summed E-state index contributed by atoms with van der Waals surface area (Å²) < 4.78 is 11.2. The first kappa shape index (κ1) is 28.3. The van der Waals surface area contributed by atoms with E-state index in [0.29, 0.717) is 30.2 Å². The Morgan fingerprint density at radius 3 is 2.35 bits per heavy atom.